The minimum Gasteiger partial charge on any atom is -0.317 e. The van der Waals surface area contributed by atoms with Gasteiger partial charge in [-0.15, -0.1) is 0 Å². The van der Waals surface area contributed by atoms with Gasteiger partial charge in [0.1, 0.15) is 0 Å². The molecule has 0 radical (unpaired) electrons. The van der Waals surface area contributed by atoms with Crippen molar-refractivity contribution in [3.63, 3.8) is 0 Å². The van der Waals surface area contributed by atoms with Crippen LogP contribution in [0.2, 0.25) is 0 Å². The van der Waals surface area contributed by atoms with E-state index in [1.807, 2.05) is 32.0 Å². The molecule has 5 rings (SSSR count). The number of hydrogen-bond donors (Lipinski definition) is 1. The summed E-state index contributed by atoms with van der Waals surface area (Å²) in [5.74, 6) is -1.43. The molecule has 2 atom stereocenters. The van der Waals surface area contributed by atoms with Gasteiger partial charge in [0.15, 0.2) is 6.23 Å². The van der Waals surface area contributed by atoms with Crippen LogP contribution < -0.4 is 5.32 Å². The number of ether oxygens (including phenoxy) is 1. The number of nitrogens with zero attached hydrogens (tertiary/aromatic N) is 1. The summed E-state index contributed by atoms with van der Waals surface area (Å²) >= 11 is 0. The molecule has 1 fully saturated rings. The van der Waals surface area contributed by atoms with Crippen molar-refractivity contribution >= 4 is 21.8 Å². The normalized spacial score (nSPS) is 19.2. The third-order valence-electron chi connectivity index (χ3n) is 6.66. The van der Waals surface area contributed by atoms with Crippen molar-refractivity contribution in [2.45, 2.75) is 37.1 Å². The predicted molar refractivity (Wildman–Crippen MR) is 147 cm³/mol. The molecule has 0 bridgehead atoms. The molecule has 2 unspecified atom stereocenters. The van der Waals surface area contributed by atoms with E-state index in [0.29, 0.717) is 16.7 Å². The molecule has 1 aliphatic heterocycles. The number of amides is 2. The van der Waals surface area contributed by atoms with Crippen molar-refractivity contribution in [3.05, 3.63) is 137 Å². The van der Waals surface area contributed by atoms with Crippen LogP contribution in [0.25, 0.3) is 0 Å². The minimum absolute atomic E-state index is 0.0490. The zero-order chi connectivity index (χ0) is 27.6. The molecular formula is C31H28N2O5S. The molecule has 1 aliphatic rings. The van der Waals surface area contributed by atoms with Gasteiger partial charge in [-0.2, -0.15) is 4.31 Å². The number of carbonyl (C=O) groups excluding carboxylic acids is 2. The van der Waals surface area contributed by atoms with Crippen LogP contribution in [0.5, 0.6) is 0 Å². The van der Waals surface area contributed by atoms with Crippen molar-refractivity contribution in [3.8, 4) is 0 Å². The SMILES string of the molecule is Cc1ccc(C2OC(Cc3ccccc3)(NC(=O)c3ccccc3)C(=O)N2S(=O)(=O)c2ccc(C)cc2)cc1. The monoisotopic (exact) mass is 540 g/mol. The first-order valence-electron chi connectivity index (χ1n) is 12.5. The third-order valence-corrected chi connectivity index (χ3v) is 8.40. The van der Waals surface area contributed by atoms with E-state index in [0.717, 1.165) is 15.4 Å². The second-order valence-electron chi connectivity index (χ2n) is 9.61. The number of hydrogen-bond acceptors (Lipinski definition) is 5. The summed E-state index contributed by atoms with van der Waals surface area (Å²) in [5, 5.41) is 2.76. The first-order valence-corrected chi connectivity index (χ1v) is 13.9. The van der Waals surface area contributed by atoms with Gasteiger partial charge in [-0.3, -0.25) is 9.59 Å². The Morgan fingerprint density at radius 3 is 1.95 bits per heavy atom. The number of sulfonamides is 1. The molecule has 4 aromatic carbocycles. The molecule has 0 aromatic heterocycles. The molecule has 0 aliphatic carbocycles. The number of rotatable bonds is 7. The lowest BCUT2D eigenvalue weighted by Gasteiger charge is -2.27. The smallest absolute Gasteiger partial charge is 0.292 e. The molecule has 4 aromatic rings. The van der Waals surface area contributed by atoms with Gasteiger partial charge in [0.05, 0.1) is 4.90 Å². The van der Waals surface area contributed by atoms with Gasteiger partial charge in [0.25, 0.3) is 21.8 Å². The molecule has 2 amide bonds. The Labute approximate surface area is 228 Å². The quantitative estimate of drug-likeness (QED) is 0.359. The summed E-state index contributed by atoms with van der Waals surface area (Å²) in [6, 6.07) is 30.8. The van der Waals surface area contributed by atoms with Crippen molar-refractivity contribution in [1.82, 2.24) is 9.62 Å². The Balaban J connectivity index is 1.65. The second-order valence-corrected chi connectivity index (χ2v) is 11.4. The van der Waals surface area contributed by atoms with E-state index in [2.05, 4.69) is 5.32 Å². The lowest BCUT2D eigenvalue weighted by Crippen LogP contribution is -2.57. The highest BCUT2D eigenvalue weighted by Crippen LogP contribution is 2.42. The van der Waals surface area contributed by atoms with Crippen LogP contribution in [-0.2, 0) is 26.0 Å². The van der Waals surface area contributed by atoms with Crippen LogP contribution >= 0.6 is 0 Å². The Morgan fingerprint density at radius 1 is 0.821 bits per heavy atom. The third kappa shape index (κ3) is 5.21. The van der Waals surface area contributed by atoms with Gasteiger partial charge in [0, 0.05) is 17.5 Å². The Kier molecular flexibility index (Phi) is 7.08. The van der Waals surface area contributed by atoms with Crippen LogP contribution in [0, 0.1) is 13.8 Å². The fourth-order valence-electron chi connectivity index (χ4n) is 4.54. The lowest BCUT2D eigenvalue weighted by atomic mass is 10.0. The van der Waals surface area contributed by atoms with Crippen molar-refractivity contribution in [1.29, 1.82) is 0 Å². The summed E-state index contributed by atoms with van der Waals surface area (Å²) in [7, 11) is -4.37. The van der Waals surface area contributed by atoms with Crippen molar-refractivity contribution in [2.75, 3.05) is 0 Å². The van der Waals surface area contributed by atoms with E-state index in [9.17, 15) is 18.0 Å². The maximum atomic E-state index is 14.3. The molecule has 198 valence electrons. The highest BCUT2D eigenvalue weighted by molar-refractivity contribution is 7.89. The maximum absolute atomic E-state index is 14.3. The Hall–Kier alpha value is -4.27. The highest BCUT2D eigenvalue weighted by atomic mass is 32.2. The van der Waals surface area contributed by atoms with E-state index in [1.54, 1.807) is 78.9 Å². The molecule has 0 saturated carbocycles. The molecular weight excluding hydrogens is 512 g/mol. The van der Waals surface area contributed by atoms with Crippen LogP contribution in [0.3, 0.4) is 0 Å². The summed E-state index contributed by atoms with van der Waals surface area (Å²) in [4.78, 5) is 27.7. The van der Waals surface area contributed by atoms with Crippen molar-refractivity contribution < 1.29 is 22.7 Å². The summed E-state index contributed by atoms with van der Waals surface area (Å²) in [6.45, 7) is 3.75. The molecule has 8 heteroatoms. The van der Waals surface area contributed by atoms with Gasteiger partial charge < -0.3 is 10.1 Å². The summed E-state index contributed by atoms with van der Waals surface area (Å²) in [5.41, 5.74) is 1.32. The predicted octanol–water partition coefficient (Wildman–Crippen LogP) is 4.92. The Bertz CT molecular complexity index is 1590. The van der Waals surface area contributed by atoms with E-state index < -0.39 is 33.8 Å². The lowest BCUT2D eigenvalue weighted by molar-refractivity contribution is -0.138. The summed E-state index contributed by atoms with van der Waals surface area (Å²) in [6.07, 6.45) is -1.38. The molecule has 1 saturated heterocycles. The number of benzene rings is 4. The van der Waals surface area contributed by atoms with Crippen LogP contribution in [0.15, 0.2) is 114 Å². The van der Waals surface area contributed by atoms with Crippen LogP contribution in [0.4, 0.5) is 0 Å². The maximum Gasteiger partial charge on any atom is 0.292 e. The highest BCUT2D eigenvalue weighted by Gasteiger charge is 2.58. The largest absolute Gasteiger partial charge is 0.317 e. The number of aryl methyl sites for hydroxylation is 2. The molecule has 0 spiro atoms. The molecule has 39 heavy (non-hydrogen) atoms. The van der Waals surface area contributed by atoms with Crippen LogP contribution in [-0.4, -0.2) is 30.3 Å². The summed E-state index contributed by atoms with van der Waals surface area (Å²) < 4.78 is 35.2. The van der Waals surface area contributed by atoms with Crippen molar-refractivity contribution in [2.24, 2.45) is 0 Å². The molecule has 1 heterocycles. The fraction of sp³-hybridized carbons (Fsp3) is 0.161. The zero-order valence-corrected chi connectivity index (χ0v) is 22.4. The average Bonchev–Trinajstić information content (AvgIpc) is 3.22. The molecule has 7 nitrogen and oxygen atoms in total. The van der Waals surface area contributed by atoms with E-state index in [1.165, 1.54) is 12.1 Å². The standard InChI is InChI=1S/C31H28N2O5S/c1-22-13-17-26(18-14-22)29-33(39(36,37)27-19-15-23(2)16-20-27)30(35)31(38-29,21-24-9-5-3-6-10-24)32-28(34)25-11-7-4-8-12-25/h3-20,29H,21H2,1-2H3,(H,32,34). The van der Waals surface area contributed by atoms with E-state index >= 15 is 0 Å². The second kappa shape index (κ2) is 10.5. The van der Waals surface area contributed by atoms with E-state index in [4.69, 9.17) is 4.74 Å². The van der Waals surface area contributed by atoms with Gasteiger partial charge >= 0.3 is 0 Å². The number of nitrogens with one attached hydrogen (secondary N) is 1. The van der Waals surface area contributed by atoms with Gasteiger partial charge in [-0.25, -0.2) is 8.42 Å². The van der Waals surface area contributed by atoms with E-state index in [-0.39, 0.29) is 11.3 Å². The zero-order valence-electron chi connectivity index (χ0n) is 21.6. The topological polar surface area (TPSA) is 92.8 Å². The fourth-order valence-corrected chi connectivity index (χ4v) is 6.03. The van der Waals surface area contributed by atoms with Gasteiger partial charge in [0.2, 0.25) is 5.72 Å². The minimum atomic E-state index is -4.37. The Morgan fingerprint density at radius 2 is 1.36 bits per heavy atom. The molecule has 1 N–H and O–H groups in total. The van der Waals surface area contributed by atoms with Gasteiger partial charge in [-0.1, -0.05) is 96.1 Å². The average molecular weight is 541 g/mol. The van der Waals surface area contributed by atoms with Crippen LogP contribution in [0.1, 0.15) is 38.8 Å². The van der Waals surface area contributed by atoms with Gasteiger partial charge in [-0.05, 0) is 43.7 Å². The first kappa shape index (κ1) is 26.3. The first-order chi connectivity index (χ1) is 18.7. The number of carbonyl (C=O) groups is 2.